The fourth-order valence-electron chi connectivity index (χ4n) is 3.25. The van der Waals surface area contributed by atoms with E-state index in [9.17, 15) is 4.79 Å². The van der Waals surface area contributed by atoms with E-state index in [4.69, 9.17) is 10.5 Å². The summed E-state index contributed by atoms with van der Waals surface area (Å²) in [6, 6.07) is 0.666. The fourth-order valence-corrected chi connectivity index (χ4v) is 3.25. The van der Waals surface area contributed by atoms with Crippen LogP contribution in [0.15, 0.2) is 0 Å². The van der Waals surface area contributed by atoms with Crippen molar-refractivity contribution in [3.63, 3.8) is 0 Å². The second kappa shape index (κ2) is 10.2. The van der Waals surface area contributed by atoms with E-state index in [-0.39, 0.29) is 5.97 Å². The van der Waals surface area contributed by atoms with Gasteiger partial charge in [-0.25, -0.2) is 0 Å². The van der Waals surface area contributed by atoms with E-state index < -0.39 is 0 Å². The molecule has 0 heterocycles. The van der Waals surface area contributed by atoms with Crippen LogP contribution >= 0.6 is 0 Å². The highest BCUT2D eigenvalue weighted by Crippen LogP contribution is 2.27. The first-order valence-electron chi connectivity index (χ1n) is 8.25. The molecule has 1 aliphatic carbocycles. The predicted molar refractivity (Wildman–Crippen MR) is 82.5 cm³/mol. The van der Waals surface area contributed by atoms with Crippen molar-refractivity contribution in [2.75, 3.05) is 26.7 Å². The normalized spacial score (nSPS) is 23.0. The van der Waals surface area contributed by atoms with Crippen LogP contribution in [-0.4, -0.2) is 43.7 Å². The molecule has 4 nitrogen and oxygen atoms in total. The third kappa shape index (κ3) is 6.23. The Balaban J connectivity index is 2.12. The standard InChI is InChI=1S/C16H32N2O2/c1-3-20-16(19)11-5-4-8-12-18(2)15-10-7-6-9-14(15)13-17/h14-15H,3-13,17H2,1-2H3. The van der Waals surface area contributed by atoms with E-state index in [0.29, 0.717) is 25.0 Å². The number of rotatable bonds is 9. The third-order valence-corrected chi connectivity index (χ3v) is 4.43. The number of esters is 1. The van der Waals surface area contributed by atoms with Gasteiger partial charge in [-0.1, -0.05) is 19.3 Å². The van der Waals surface area contributed by atoms with Crippen LogP contribution in [-0.2, 0) is 9.53 Å². The van der Waals surface area contributed by atoms with Crippen molar-refractivity contribution in [1.29, 1.82) is 0 Å². The van der Waals surface area contributed by atoms with Gasteiger partial charge in [-0.15, -0.1) is 0 Å². The number of hydrogen-bond donors (Lipinski definition) is 1. The van der Waals surface area contributed by atoms with Crippen molar-refractivity contribution in [3.8, 4) is 0 Å². The van der Waals surface area contributed by atoms with Gasteiger partial charge in [0.25, 0.3) is 0 Å². The van der Waals surface area contributed by atoms with Crippen LogP contribution < -0.4 is 5.73 Å². The maximum Gasteiger partial charge on any atom is 0.305 e. The molecule has 1 rings (SSSR count). The van der Waals surface area contributed by atoms with Crippen LogP contribution in [0.25, 0.3) is 0 Å². The average Bonchev–Trinajstić information content (AvgIpc) is 2.47. The fraction of sp³-hybridized carbons (Fsp3) is 0.938. The van der Waals surface area contributed by atoms with E-state index >= 15 is 0 Å². The Morgan fingerprint density at radius 1 is 1.25 bits per heavy atom. The van der Waals surface area contributed by atoms with Gasteiger partial charge in [-0.3, -0.25) is 4.79 Å². The smallest absolute Gasteiger partial charge is 0.305 e. The van der Waals surface area contributed by atoms with Crippen LogP contribution in [0.4, 0.5) is 0 Å². The molecule has 1 saturated carbocycles. The molecule has 0 bridgehead atoms. The third-order valence-electron chi connectivity index (χ3n) is 4.43. The molecule has 0 amide bonds. The zero-order valence-corrected chi connectivity index (χ0v) is 13.3. The summed E-state index contributed by atoms with van der Waals surface area (Å²) >= 11 is 0. The number of unbranched alkanes of at least 4 members (excludes halogenated alkanes) is 2. The molecule has 0 aliphatic heterocycles. The highest BCUT2D eigenvalue weighted by molar-refractivity contribution is 5.69. The lowest BCUT2D eigenvalue weighted by molar-refractivity contribution is -0.143. The summed E-state index contributed by atoms with van der Waals surface area (Å²) < 4.78 is 4.93. The van der Waals surface area contributed by atoms with Gasteiger partial charge in [0.1, 0.15) is 0 Å². The van der Waals surface area contributed by atoms with Crippen molar-refractivity contribution in [2.45, 2.75) is 64.3 Å². The van der Waals surface area contributed by atoms with Crippen molar-refractivity contribution < 1.29 is 9.53 Å². The van der Waals surface area contributed by atoms with Gasteiger partial charge in [0, 0.05) is 12.5 Å². The Morgan fingerprint density at radius 3 is 2.70 bits per heavy atom. The molecule has 20 heavy (non-hydrogen) atoms. The molecule has 0 aromatic heterocycles. The number of ether oxygens (including phenoxy) is 1. The molecule has 0 aromatic carbocycles. The van der Waals surface area contributed by atoms with Crippen LogP contribution in [0.2, 0.25) is 0 Å². The largest absolute Gasteiger partial charge is 0.466 e. The van der Waals surface area contributed by atoms with Crippen molar-refractivity contribution in [1.82, 2.24) is 4.90 Å². The average molecular weight is 284 g/mol. The Morgan fingerprint density at radius 2 is 2.00 bits per heavy atom. The van der Waals surface area contributed by atoms with Gasteiger partial charge in [-0.2, -0.15) is 0 Å². The van der Waals surface area contributed by atoms with E-state index in [1.54, 1.807) is 0 Å². The Kier molecular flexibility index (Phi) is 8.86. The summed E-state index contributed by atoms with van der Waals surface area (Å²) in [4.78, 5) is 13.7. The molecular weight excluding hydrogens is 252 g/mol. The zero-order chi connectivity index (χ0) is 14.8. The monoisotopic (exact) mass is 284 g/mol. The van der Waals surface area contributed by atoms with Crippen LogP contribution in [0.3, 0.4) is 0 Å². The van der Waals surface area contributed by atoms with Crippen molar-refractivity contribution in [3.05, 3.63) is 0 Å². The zero-order valence-electron chi connectivity index (χ0n) is 13.3. The van der Waals surface area contributed by atoms with Crippen LogP contribution in [0.5, 0.6) is 0 Å². The second-order valence-electron chi connectivity index (χ2n) is 5.94. The van der Waals surface area contributed by atoms with Crippen LogP contribution in [0.1, 0.15) is 58.3 Å². The highest BCUT2D eigenvalue weighted by atomic mass is 16.5. The minimum Gasteiger partial charge on any atom is -0.466 e. The lowest BCUT2D eigenvalue weighted by Gasteiger charge is -2.37. The predicted octanol–water partition coefficient (Wildman–Crippen LogP) is 2.56. The molecule has 1 fully saturated rings. The molecule has 0 saturated heterocycles. The molecule has 0 aromatic rings. The molecule has 118 valence electrons. The minimum atomic E-state index is -0.0590. The SMILES string of the molecule is CCOC(=O)CCCCCN(C)C1CCCCC1CN. The lowest BCUT2D eigenvalue weighted by atomic mass is 9.83. The summed E-state index contributed by atoms with van der Waals surface area (Å²) in [6.45, 7) is 4.27. The number of nitrogens with two attached hydrogens (primary N) is 1. The molecule has 2 atom stereocenters. The summed E-state index contributed by atoms with van der Waals surface area (Å²) in [6.07, 6.45) is 9.02. The number of carbonyl (C=O) groups excluding carboxylic acids is 1. The van der Waals surface area contributed by atoms with Gasteiger partial charge in [-0.05, 0) is 58.7 Å². The summed E-state index contributed by atoms with van der Waals surface area (Å²) in [7, 11) is 2.23. The molecule has 0 spiro atoms. The quantitative estimate of drug-likeness (QED) is 0.522. The summed E-state index contributed by atoms with van der Waals surface area (Å²) in [5, 5.41) is 0. The maximum absolute atomic E-state index is 11.2. The van der Waals surface area contributed by atoms with E-state index in [1.807, 2.05) is 6.92 Å². The second-order valence-corrected chi connectivity index (χ2v) is 5.94. The van der Waals surface area contributed by atoms with Gasteiger partial charge in [0.05, 0.1) is 6.61 Å². The van der Waals surface area contributed by atoms with Crippen molar-refractivity contribution >= 4 is 5.97 Å². The number of carbonyl (C=O) groups is 1. The number of nitrogens with zero attached hydrogens (tertiary/aromatic N) is 1. The van der Waals surface area contributed by atoms with Crippen molar-refractivity contribution in [2.24, 2.45) is 11.7 Å². The molecular formula is C16H32N2O2. The molecule has 4 heteroatoms. The lowest BCUT2D eigenvalue weighted by Crippen LogP contribution is -2.43. The van der Waals surface area contributed by atoms with Gasteiger partial charge < -0.3 is 15.4 Å². The highest BCUT2D eigenvalue weighted by Gasteiger charge is 2.26. The number of hydrogen-bond acceptors (Lipinski definition) is 4. The van der Waals surface area contributed by atoms with E-state index in [0.717, 1.165) is 32.4 Å². The van der Waals surface area contributed by atoms with Gasteiger partial charge >= 0.3 is 5.97 Å². The molecule has 0 radical (unpaired) electrons. The molecule has 2 unspecified atom stereocenters. The Bertz CT molecular complexity index is 271. The minimum absolute atomic E-state index is 0.0590. The Hall–Kier alpha value is -0.610. The first-order valence-corrected chi connectivity index (χ1v) is 8.25. The first kappa shape index (κ1) is 17.4. The van der Waals surface area contributed by atoms with Crippen LogP contribution in [0, 0.1) is 5.92 Å². The van der Waals surface area contributed by atoms with Gasteiger partial charge in [0.15, 0.2) is 0 Å². The Labute approximate surface area is 124 Å². The van der Waals surface area contributed by atoms with E-state index in [2.05, 4.69) is 11.9 Å². The summed E-state index contributed by atoms with van der Waals surface area (Å²) in [5.74, 6) is 0.615. The summed E-state index contributed by atoms with van der Waals surface area (Å²) in [5.41, 5.74) is 5.89. The maximum atomic E-state index is 11.2. The first-order chi connectivity index (χ1) is 9.69. The topological polar surface area (TPSA) is 55.6 Å². The van der Waals surface area contributed by atoms with Gasteiger partial charge in [0.2, 0.25) is 0 Å². The molecule has 2 N–H and O–H groups in total. The molecule has 1 aliphatic rings. The van der Waals surface area contributed by atoms with E-state index in [1.165, 1.54) is 25.7 Å².